The molecule has 168 valence electrons. The Kier molecular flexibility index (Phi) is 8.93. The van der Waals surface area contributed by atoms with Crippen LogP contribution in [0.25, 0.3) is 0 Å². The molecule has 1 aliphatic carbocycles. The van der Waals surface area contributed by atoms with Crippen LogP contribution in [-0.2, 0) is 23.8 Å². The van der Waals surface area contributed by atoms with Crippen LogP contribution in [0.4, 0.5) is 4.79 Å². The summed E-state index contributed by atoms with van der Waals surface area (Å²) in [7, 11) is 2.97. The number of methoxy groups -OCH3 is 2. The minimum atomic E-state index is -0.649. The molecule has 1 saturated carbocycles. The molecule has 8 heteroatoms. The highest BCUT2D eigenvalue weighted by Crippen LogP contribution is 2.40. The van der Waals surface area contributed by atoms with Crippen LogP contribution in [0.2, 0.25) is 0 Å². The summed E-state index contributed by atoms with van der Waals surface area (Å²) in [5.41, 5.74) is -1.29. The lowest BCUT2D eigenvalue weighted by molar-refractivity contribution is -0.145. The maximum absolute atomic E-state index is 12.4. The van der Waals surface area contributed by atoms with Gasteiger partial charge in [-0.2, -0.15) is 0 Å². The van der Waals surface area contributed by atoms with Gasteiger partial charge in [-0.25, -0.2) is 4.79 Å². The molecule has 0 aliphatic heterocycles. The first kappa shape index (κ1) is 25.2. The van der Waals surface area contributed by atoms with Gasteiger partial charge in [-0.3, -0.25) is 9.59 Å². The number of hydrogen-bond donors (Lipinski definition) is 2. The van der Waals surface area contributed by atoms with Crippen molar-refractivity contribution in [3.63, 3.8) is 0 Å². The van der Waals surface area contributed by atoms with Crippen molar-refractivity contribution in [1.29, 1.82) is 0 Å². The minimum absolute atomic E-state index is 0.188. The highest BCUT2D eigenvalue weighted by atomic mass is 16.6. The topological polar surface area (TPSA) is 103 Å². The van der Waals surface area contributed by atoms with Crippen LogP contribution >= 0.6 is 0 Å². The molecule has 8 nitrogen and oxygen atoms in total. The lowest BCUT2D eigenvalue weighted by Crippen LogP contribution is -2.59. The molecule has 0 radical (unpaired) electrons. The number of nitrogens with one attached hydrogen (secondary N) is 2. The van der Waals surface area contributed by atoms with E-state index in [4.69, 9.17) is 14.2 Å². The van der Waals surface area contributed by atoms with Crippen molar-refractivity contribution in [2.24, 2.45) is 11.8 Å². The van der Waals surface area contributed by atoms with E-state index in [1.54, 1.807) is 27.9 Å². The Morgan fingerprint density at radius 1 is 1.10 bits per heavy atom. The molecular weight excluding hydrogens is 376 g/mol. The van der Waals surface area contributed by atoms with Crippen LogP contribution in [0.3, 0.4) is 0 Å². The van der Waals surface area contributed by atoms with Gasteiger partial charge in [0.1, 0.15) is 5.60 Å². The number of amides is 2. The predicted molar refractivity (Wildman–Crippen MR) is 109 cm³/mol. The van der Waals surface area contributed by atoms with E-state index in [9.17, 15) is 14.4 Å². The molecule has 0 aromatic heterocycles. The largest absolute Gasteiger partial charge is 0.469 e. The van der Waals surface area contributed by atoms with Crippen LogP contribution in [0.1, 0.15) is 67.2 Å². The Morgan fingerprint density at radius 2 is 1.72 bits per heavy atom. The highest BCUT2D eigenvalue weighted by molar-refractivity contribution is 5.75. The highest BCUT2D eigenvalue weighted by Gasteiger charge is 2.49. The summed E-state index contributed by atoms with van der Waals surface area (Å²) in [6.45, 7) is 10.8. The van der Waals surface area contributed by atoms with Gasteiger partial charge in [0, 0.05) is 26.0 Å². The molecule has 5 atom stereocenters. The zero-order valence-electron chi connectivity index (χ0n) is 19.1. The van der Waals surface area contributed by atoms with Crippen LogP contribution in [0.15, 0.2) is 0 Å². The fraction of sp³-hybridized carbons (Fsp3) is 0.857. The standard InChI is InChI=1S/C21H38N2O6/c1-9-10-21(6,28-8)17(22-13(2)24)15-11-14(18(25)27-7)12-16(15)23-19(26)29-20(3,4)5/h14-17H,9-12H2,1-8H3,(H,22,24)(H,23,26)/t14-,15-,16-,17-,21+/m1/s1. The molecular formula is C21H38N2O6. The molecule has 1 rings (SSSR count). The van der Waals surface area contributed by atoms with E-state index in [2.05, 4.69) is 10.6 Å². The van der Waals surface area contributed by atoms with Crippen molar-refractivity contribution in [2.45, 2.75) is 90.5 Å². The van der Waals surface area contributed by atoms with E-state index < -0.39 is 17.3 Å². The van der Waals surface area contributed by atoms with Crippen molar-refractivity contribution in [3.8, 4) is 0 Å². The van der Waals surface area contributed by atoms with Gasteiger partial charge in [0.25, 0.3) is 0 Å². The molecule has 0 aromatic carbocycles. The first-order valence-corrected chi connectivity index (χ1v) is 10.3. The van der Waals surface area contributed by atoms with Gasteiger partial charge < -0.3 is 24.8 Å². The van der Waals surface area contributed by atoms with Crippen LogP contribution < -0.4 is 10.6 Å². The van der Waals surface area contributed by atoms with Gasteiger partial charge in [-0.15, -0.1) is 0 Å². The van der Waals surface area contributed by atoms with Gasteiger partial charge in [0.05, 0.1) is 24.7 Å². The lowest BCUT2D eigenvalue weighted by atomic mass is 9.79. The summed E-state index contributed by atoms with van der Waals surface area (Å²) < 4.78 is 16.2. The average Bonchev–Trinajstić information content (AvgIpc) is 3.00. The Morgan fingerprint density at radius 3 is 2.17 bits per heavy atom. The number of alkyl carbamates (subject to hydrolysis) is 1. The second-order valence-corrected chi connectivity index (χ2v) is 9.05. The average molecular weight is 415 g/mol. The molecule has 0 aromatic rings. The number of hydrogen-bond acceptors (Lipinski definition) is 6. The van der Waals surface area contributed by atoms with Crippen LogP contribution in [0, 0.1) is 11.8 Å². The van der Waals surface area contributed by atoms with Crippen molar-refractivity contribution in [1.82, 2.24) is 10.6 Å². The maximum Gasteiger partial charge on any atom is 0.407 e. The quantitative estimate of drug-likeness (QED) is 0.592. The van der Waals surface area contributed by atoms with Crippen molar-refractivity contribution in [2.75, 3.05) is 14.2 Å². The second-order valence-electron chi connectivity index (χ2n) is 9.05. The van der Waals surface area contributed by atoms with Gasteiger partial charge in [0.15, 0.2) is 0 Å². The smallest absolute Gasteiger partial charge is 0.407 e. The molecule has 0 bridgehead atoms. The monoisotopic (exact) mass is 414 g/mol. The van der Waals surface area contributed by atoms with E-state index in [-0.39, 0.29) is 35.8 Å². The third kappa shape index (κ3) is 7.17. The first-order valence-electron chi connectivity index (χ1n) is 10.3. The molecule has 2 amide bonds. The van der Waals surface area contributed by atoms with Crippen molar-refractivity contribution >= 4 is 18.0 Å². The first-order chi connectivity index (χ1) is 13.4. The Balaban J connectivity index is 3.22. The molecule has 0 spiro atoms. The van der Waals surface area contributed by atoms with E-state index in [1.165, 1.54) is 14.0 Å². The third-order valence-electron chi connectivity index (χ3n) is 5.51. The van der Waals surface area contributed by atoms with E-state index >= 15 is 0 Å². The molecule has 0 unspecified atom stereocenters. The Labute approximate surface area is 174 Å². The zero-order valence-corrected chi connectivity index (χ0v) is 19.1. The Hall–Kier alpha value is -1.83. The Bertz CT molecular complexity index is 588. The fourth-order valence-electron chi connectivity index (χ4n) is 4.24. The lowest BCUT2D eigenvalue weighted by Gasteiger charge is -2.42. The number of ether oxygens (including phenoxy) is 3. The van der Waals surface area contributed by atoms with Crippen LogP contribution in [0.5, 0.6) is 0 Å². The zero-order chi connectivity index (χ0) is 22.4. The number of esters is 1. The molecule has 0 heterocycles. The molecule has 0 saturated heterocycles. The van der Waals surface area contributed by atoms with Crippen molar-refractivity contribution in [3.05, 3.63) is 0 Å². The summed E-state index contributed by atoms with van der Waals surface area (Å²) >= 11 is 0. The minimum Gasteiger partial charge on any atom is -0.469 e. The fourth-order valence-corrected chi connectivity index (χ4v) is 4.24. The van der Waals surface area contributed by atoms with Gasteiger partial charge in [-0.05, 0) is 47.0 Å². The second kappa shape index (κ2) is 10.3. The number of carbonyl (C=O) groups excluding carboxylic acids is 3. The SMILES string of the molecule is CCC[C@](C)(OC)[C@H](NC(C)=O)[C@@H]1C[C@@H](C(=O)OC)C[C@H]1NC(=O)OC(C)(C)C. The molecule has 2 N–H and O–H groups in total. The normalized spacial score (nSPS) is 24.9. The number of carbonyl (C=O) groups is 3. The predicted octanol–water partition coefficient (Wildman–Crippen LogP) is 2.79. The summed E-state index contributed by atoms with van der Waals surface area (Å²) in [6, 6.07) is -0.753. The molecule has 1 fully saturated rings. The van der Waals surface area contributed by atoms with Crippen molar-refractivity contribution < 1.29 is 28.6 Å². The van der Waals surface area contributed by atoms with Gasteiger partial charge >= 0.3 is 12.1 Å². The number of rotatable bonds is 8. The summed E-state index contributed by atoms with van der Waals surface area (Å²) in [5.74, 6) is -1.09. The van der Waals surface area contributed by atoms with E-state index in [0.29, 0.717) is 19.3 Å². The molecule has 1 aliphatic rings. The summed E-state index contributed by atoms with van der Waals surface area (Å²) in [4.78, 5) is 36.6. The van der Waals surface area contributed by atoms with Gasteiger partial charge in [-0.1, -0.05) is 13.3 Å². The van der Waals surface area contributed by atoms with Gasteiger partial charge in [0.2, 0.25) is 5.91 Å². The summed E-state index contributed by atoms with van der Waals surface area (Å²) in [6.07, 6.45) is 1.92. The summed E-state index contributed by atoms with van der Waals surface area (Å²) in [5, 5.41) is 5.93. The van der Waals surface area contributed by atoms with E-state index in [1.807, 2.05) is 13.8 Å². The maximum atomic E-state index is 12.4. The van der Waals surface area contributed by atoms with Crippen LogP contribution in [-0.4, -0.2) is 55.5 Å². The van der Waals surface area contributed by atoms with E-state index in [0.717, 1.165) is 6.42 Å². The molecule has 29 heavy (non-hydrogen) atoms. The third-order valence-corrected chi connectivity index (χ3v) is 5.51.